The van der Waals surface area contributed by atoms with E-state index in [-0.39, 0.29) is 17.8 Å². The average molecular weight is 421 g/mol. The van der Waals surface area contributed by atoms with E-state index in [4.69, 9.17) is 9.47 Å². The number of hydrogen-bond acceptors (Lipinski definition) is 4. The van der Waals surface area contributed by atoms with Crippen molar-refractivity contribution in [1.82, 2.24) is 4.90 Å². The standard InChI is InChI=1S/C23H26F3NO3/c1-29-21-5-3-4-18(12-21)19-10-17(11-22(28)30-2)14-27(15-19)13-16-6-8-20(9-7-16)23(24,25)26/h3-9,12,17,19H,10-11,13-15H2,1-2H3. The number of carbonyl (C=O) groups is 1. The molecule has 0 N–H and O–H groups in total. The van der Waals surface area contributed by atoms with Crippen LogP contribution in [0.25, 0.3) is 0 Å². The second kappa shape index (κ2) is 9.51. The third-order valence-electron chi connectivity index (χ3n) is 5.55. The average Bonchev–Trinajstić information content (AvgIpc) is 2.73. The minimum atomic E-state index is -4.34. The number of methoxy groups -OCH3 is 2. The normalized spacial score (nSPS) is 20.0. The molecule has 0 bridgehead atoms. The van der Waals surface area contributed by atoms with Crippen LogP contribution in [0.15, 0.2) is 48.5 Å². The molecule has 7 heteroatoms. The van der Waals surface area contributed by atoms with Gasteiger partial charge in [0.05, 0.1) is 19.8 Å². The first-order valence-electron chi connectivity index (χ1n) is 9.87. The number of piperidine rings is 1. The van der Waals surface area contributed by atoms with Gasteiger partial charge in [0, 0.05) is 26.1 Å². The topological polar surface area (TPSA) is 38.8 Å². The van der Waals surface area contributed by atoms with Gasteiger partial charge in [0.25, 0.3) is 0 Å². The van der Waals surface area contributed by atoms with Crippen LogP contribution in [0.4, 0.5) is 13.2 Å². The Labute approximate surface area is 174 Å². The first-order valence-corrected chi connectivity index (χ1v) is 9.87. The molecule has 0 aliphatic carbocycles. The SMILES string of the molecule is COC(=O)CC1CC(c2cccc(OC)c2)CN(Cc2ccc(C(F)(F)F)cc2)C1. The van der Waals surface area contributed by atoms with Gasteiger partial charge in [-0.3, -0.25) is 9.69 Å². The van der Waals surface area contributed by atoms with Gasteiger partial charge in [0.1, 0.15) is 5.75 Å². The lowest BCUT2D eigenvalue weighted by molar-refractivity contribution is -0.142. The van der Waals surface area contributed by atoms with Crippen molar-refractivity contribution in [2.45, 2.75) is 31.5 Å². The lowest BCUT2D eigenvalue weighted by Crippen LogP contribution is -2.40. The van der Waals surface area contributed by atoms with Crippen LogP contribution >= 0.6 is 0 Å². The zero-order valence-electron chi connectivity index (χ0n) is 17.1. The van der Waals surface area contributed by atoms with E-state index in [1.165, 1.54) is 19.2 Å². The largest absolute Gasteiger partial charge is 0.497 e. The summed E-state index contributed by atoms with van der Waals surface area (Å²) in [4.78, 5) is 14.1. The van der Waals surface area contributed by atoms with E-state index in [1.807, 2.05) is 24.3 Å². The molecule has 2 aromatic rings. The first kappa shape index (κ1) is 22.2. The molecule has 1 heterocycles. The quantitative estimate of drug-likeness (QED) is 0.623. The summed E-state index contributed by atoms with van der Waals surface area (Å²) in [5, 5.41) is 0. The number of nitrogens with zero attached hydrogens (tertiary/aromatic N) is 1. The molecular formula is C23H26F3NO3. The monoisotopic (exact) mass is 421 g/mol. The molecule has 1 aliphatic heterocycles. The Hall–Kier alpha value is -2.54. The number of carbonyl (C=O) groups excluding carboxylic acids is 1. The van der Waals surface area contributed by atoms with Gasteiger partial charge in [-0.15, -0.1) is 0 Å². The summed E-state index contributed by atoms with van der Waals surface area (Å²) in [6, 6.07) is 13.2. The third kappa shape index (κ3) is 5.75. The number of likely N-dealkylation sites (tertiary alicyclic amines) is 1. The molecule has 0 spiro atoms. The molecule has 2 unspecified atom stereocenters. The fraction of sp³-hybridized carbons (Fsp3) is 0.435. The highest BCUT2D eigenvalue weighted by Gasteiger charge is 2.31. The van der Waals surface area contributed by atoms with Crippen molar-refractivity contribution < 1.29 is 27.4 Å². The first-order chi connectivity index (χ1) is 14.3. The Morgan fingerprint density at radius 1 is 1.10 bits per heavy atom. The van der Waals surface area contributed by atoms with Gasteiger partial charge in [-0.2, -0.15) is 13.2 Å². The number of rotatable bonds is 6. The highest BCUT2D eigenvalue weighted by molar-refractivity contribution is 5.69. The highest BCUT2D eigenvalue weighted by Crippen LogP contribution is 2.34. The summed E-state index contributed by atoms with van der Waals surface area (Å²) in [6.07, 6.45) is -3.18. The van der Waals surface area contributed by atoms with Gasteiger partial charge in [-0.25, -0.2) is 0 Å². The molecule has 162 valence electrons. The Kier molecular flexibility index (Phi) is 7.02. The minimum absolute atomic E-state index is 0.108. The van der Waals surface area contributed by atoms with Crippen LogP contribution in [-0.2, 0) is 22.3 Å². The summed E-state index contributed by atoms with van der Waals surface area (Å²) in [5.74, 6) is 0.826. The summed E-state index contributed by atoms with van der Waals surface area (Å²) in [6.45, 7) is 1.97. The predicted octanol–water partition coefficient (Wildman–Crippen LogP) is 4.88. The van der Waals surface area contributed by atoms with Gasteiger partial charge < -0.3 is 9.47 Å². The Bertz CT molecular complexity index is 852. The van der Waals surface area contributed by atoms with Crippen molar-refractivity contribution in [3.63, 3.8) is 0 Å². The molecular weight excluding hydrogens is 395 g/mol. The fourth-order valence-electron chi connectivity index (χ4n) is 4.09. The Morgan fingerprint density at radius 2 is 1.83 bits per heavy atom. The van der Waals surface area contributed by atoms with Crippen LogP contribution in [-0.4, -0.2) is 38.2 Å². The van der Waals surface area contributed by atoms with Gasteiger partial charge in [0.2, 0.25) is 0 Å². The number of hydrogen-bond donors (Lipinski definition) is 0. The van der Waals surface area contributed by atoms with Crippen LogP contribution < -0.4 is 4.74 Å². The van der Waals surface area contributed by atoms with Crippen LogP contribution in [0, 0.1) is 5.92 Å². The second-order valence-corrected chi connectivity index (χ2v) is 7.74. The van der Waals surface area contributed by atoms with Crippen LogP contribution in [0.3, 0.4) is 0 Å². The van der Waals surface area contributed by atoms with E-state index >= 15 is 0 Å². The van der Waals surface area contributed by atoms with Gasteiger partial charge in [0.15, 0.2) is 0 Å². The van der Waals surface area contributed by atoms with E-state index in [2.05, 4.69) is 4.90 Å². The van der Waals surface area contributed by atoms with Crippen molar-refractivity contribution >= 4 is 5.97 Å². The maximum atomic E-state index is 12.8. The molecule has 0 saturated carbocycles. The molecule has 1 fully saturated rings. The molecule has 4 nitrogen and oxygen atoms in total. The number of ether oxygens (including phenoxy) is 2. The number of alkyl halides is 3. The van der Waals surface area contributed by atoms with E-state index < -0.39 is 11.7 Å². The number of esters is 1. The Balaban J connectivity index is 1.77. The summed E-state index contributed by atoms with van der Waals surface area (Å²) in [5.41, 5.74) is 1.29. The molecule has 30 heavy (non-hydrogen) atoms. The molecule has 2 aromatic carbocycles. The van der Waals surface area contributed by atoms with Crippen LogP contribution in [0.2, 0.25) is 0 Å². The zero-order valence-corrected chi connectivity index (χ0v) is 17.1. The minimum Gasteiger partial charge on any atom is -0.497 e. The van der Waals surface area contributed by atoms with Crippen LogP contribution in [0.1, 0.15) is 35.4 Å². The summed E-state index contributed by atoms with van der Waals surface area (Å²) in [7, 11) is 3.00. The number of benzene rings is 2. The van der Waals surface area contributed by atoms with Crippen molar-refractivity contribution in [3.05, 3.63) is 65.2 Å². The van der Waals surface area contributed by atoms with E-state index in [9.17, 15) is 18.0 Å². The lowest BCUT2D eigenvalue weighted by atomic mass is 9.83. The van der Waals surface area contributed by atoms with E-state index in [1.54, 1.807) is 7.11 Å². The van der Waals surface area contributed by atoms with Crippen molar-refractivity contribution in [3.8, 4) is 5.75 Å². The van der Waals surface area contributed by atoms with E-state index in [0.717, 1.165) is 42.0 Å². The third-order valence-corrected chi connectivity index (χ3v) is 5.55. The smallest absolute Gasteiger partial charge is 0.416 e. The molecule has 1 saturated heterocycles. The highest BCUT2D eigenvalue weighted by atomic mass is 19.4. The zero-order chi connectivity index (χ0) is 21.7. The summed E-state index contributed by atoms with van der Waals surface area (Å²) >= 11 is 0. The second-order valence-electron chi connectivity index (χ2n) is 7.74. The molecule has 0 radical (unpaired) electrons. The summed E-state index contributed by atoms with van der Waals surface area (Å²) < 4.78 is 48.6. The van der Waals surface area contributed by atoms with Crippen molar-refractivity contribution in [2.24, 2.45) is 5.92 Å². The Morgan fingerprint density at radius 3 is 2.47 bits per heavy atom. The van der Waals surface area contributed by atoms with Gasteiger partial charge in [-0.1, -0.05) is 24.3 Å². The maximum absolute atomic E-state index is 12.8. The van der Waals surface area contributed by atoms with Gasteiger partial charge >= 0.3 is 12.1 Å². The van der Waals surface area contributed by atoms with E-state index in [0.29, 0.717) is 19.5 Å². The van der Waals surface area contributed by atoms with Crippen LogP contribution in [0.5, 0.6) is 5.75 Å². The number of halogens is 3. The molecule has 1 aliphatic rings. The molecule has 3 rings (SSSR count). The van der Waals surface area contributed by atoms with Gasteiger partial charge in [-0.05, 0) is 53.6 Å². The molecule has 0 amide bonds. The lowest BCUT2D eigenvalue weighted by Gasteiger charge is -2.38. The van der Waals surface area contributed by atoms with Crippen molar-refractivity contribution in [1.29, 1.82) is 0 Å². The fourth-order valence-corrected chi connectivity index (χ4v) is 4.09. The predicted molar refractivity (Wildman–Crippen MR) is 107 cm³/mol. The van der Waals surface area contributed by atoms with Crippen molar-refractivity contribution in [2.75, 3.05) is 27.3 Å². The maximum Gasteiger partial charge on any atom is 0.416 e. The molecule has 2 atom stereocenters. The molecule has 0 aromatic heterocycles.